The first-order valence-electron chi connectivity index (χ1n) is 6.10. The molecule has 0 unspecified atom stereocenters. The van der Waals surface area contributed by atoms with Gasteiger partial charge in [-0.1, -0.05) is 11.6 Å². The molecule has 2 amide bonds. The third kappa shape index (κ3) is 4.44. The van der Waals surface area contributed by atoms with Gasteiger partial charge in [0.15, 0.2) is 0 Å². The van der Waals surface area contributed by atoms with Gasteiger partial charge in [-0.25, -0.2) is 0 Å². The van der Waals surface area contributed by atoms with E-state index in [4.69, 9.17) is 11.6 Å². The average molecular weight is 415 g/mol. The van der Waals surface area contributed by atoms with Gasteiger partial charge in [0.2, 0.25) is 5.91 Å². The molecule has 0 fully saturated rings. The number of amides is 2. The Labute approximate surface area is 141 Å². The van der Waals surface area contributed by atoms with Crippen molar-refractivity contribution in [1.29, 1.82) is 0 Å². The smallest absolute Gasteiger partial charge is 0.255 e. The maximum atomic E-state index is 12.1. The van der Waals surface area contributed by atoms with Crippen LogP contribution in [-0.4, -0.2) is 11.8 Å². The van der Waals surface area contributed by atoms with Crippen LogP contribution < -0.4 is 10.6 Å². The zero-order chi connectivity index (χ0) is 15.4. The third-order valence-corrected chi connectivity index (χ3v) is 3.68. The van der Waals surface area contributed by atoms with Crippen molar-refractivity contribution < 1.29 is 9.59 Å². The van der Waals surface area contributed by atoms with Gasteiger partial charge >= 0.3 is 0 Å². The average Bonchev–Trinajstić information content (AvgIpc) is 2.42. The standard InChI is InChI=1S/C15H12ClIN2O2/c1-9(20)18-14-7-6-12(8-13(14)16)19-15(21)10-2-4-11(17)5-3-10/h2-8H,1H3,(H,18,20)(H,19,21). The highest BCUT2D eigenvalue weighted by atomic mass is 127. The summed E-state index contributed by atoms with van der Waals surface area (Å²) < 4.78 is 1.06. The van der Waals surface area contributed by atoms with Crippen LogP contribution >= 0.6 is 34.2 Å². The molecule has 0 spiro atoms. The van der Waals surface area contributed by atoms with Crippen molar-refractivity contribution in [3.05, 3.63) is 56.6 Å². The van der Waals surface area contributed by atoms with Crippen LogP contribution in [0.4, 0.5) is 11.4 Å². The van der Waals surface area contributed by atoms with Crippen LogP contribution in [0.2, 0.25) is 5.02 Å². The van der Waals surface area contributed by atoms with Crippen molar-refractivity contribution in [2.24, 2.45) is 0 Å². The van der Waals surface area contributed by atoms with Crippen molar-refractivity contribution in [2.75, 3.05) is 10.6 Å². The quantitative estimate of drug-likeness (QED) is 0.741. The molecule has 0 saturated heterocycles. The number of anilines is 2. The second-order valence-electron chi connectivity index (χ2n) is 4.34. The minimum Gasteiger partial charge on any atom is -0.325 e. The van der Waals surface area contributed by atoms with Gasteiger partial charge in [0.1, 0.15) is 0 Å². The molecule has 21 heavy (non-hydrogen) atoms. The predicted molar refractivity (Wildman–Crippen MR) is 92.9 cm³/mol. The highest BCUT2D eigenvalue weighted by Crippen LogP contribution is 2.25. The Morgan fingerprint density at radius 3 is 2.29 bits per heavy atom. The van der Waals surface area contributed by atoms with E-state index in [1.54, 1.807) is 30.3 Å². The lowest BCUT2D eigenvalue weighted by Gasteiger charge is -2.09. The minimum atomic E-state index is -0.213. The van der Waals surface area contributed by atoms with Crippen LogP contribution in [0, 0.1) is 3.57 Å². The predicted octanol–water partition coefficient (Wildman–Crippen LogP) is 4.16. The lowest BCUT2D eigenvalue weighted by molar-refractivity contribution is -0.114. The zero-order valence-electron chi connectivity index (χ0n) is 11.1. The van der Waals surface area contributed by atoms with Crippen LogP contribution in [-0.2, 0) is 4.79 Å². The molecule has 4 nitrogen and oxygen atoms in total. The molecule has 0 aliphatic carbocycles. The van der Waals surface area contributed by atoms with Gasteiger partial charge in [-0.2, -0.15) is 0 Å². The van der Waals surface area contributed by atoms with E-state index >= 15 is 0 Å². The molecule has 0 heterocycles. The lowest BCUT2D eigenvalue weighted by atomic mass is 10.2. The topological polar surface area (TPSA) is 58.2 Å². The number of carbonyl (C=O) groups is 2. The van der Waals surface area contributed by atoms with Crippen molar-refractivity contribution in [3.8, 4) is 0 Å². The largest absolute Gasteiger partial charge is 0.325 e. The highest BCUT2D eigenvalue weighted by molar-refractivity contribution is 14.1. The first-order chi connectivity index (χ1) is 9.95. The molecule has 2 aromatic carbocycles. The first-order valence-corrected chi connectivity index (χ1v) is 7.55. The lowest BCUT2D eigenvalue weighted by Crippen LogP contribution is -2.12. The molecular weight excluding hydrogens is 403 g/mol. The maximum absolute atomic E-state index is 12.1. The Balaban J connectivity index is 2.12. The summed E-state index contributed by atoms with van der Waals surface area (Å²) >= 11 is 8.23. The number of nitrogens with one attached hydrogen (secondary N) is 2. The summed E-state index contributed by atoms with van der Waals surface area (Å²) in [6.07, 6.45) is 0. The maximum Gasteiger partial charge on any atom is 0.255 e. The number of hydrogen-bond acceptors (Lipinski definition) is 2. The van der Waals surface area contributed by atoms with Gasteiger partial charge in [0.05, 0.1) is 10.7 Å². The van der Waals surface area contributed by atoms with Crippen molar-refractivity contribution in [2.45, 2.75) is 6.92 Å². The second-order valence-corrected chi connectivity index (χ2v) is 5.99. The molecule has 6 heteroatoms. The molecule has 2 aromatic rings. The Kier molecular flexibility index (Phi) is 5.19. The summed E-state index contributed by atoms with van der Waals surface area (Å²) in [4.78, 5) is 23.1. The van der Waals surface area contributed by atoms with Gasteiger partial charge in [0, 0.05) is 21.7 Å². The Morgan fingerprint density at radius 1 is 1.05 bits per heavy atom. The van der Waals surface area contributed by atoms with Crippen LogP contribution in [0.15, 0.2) is 42.5 Å². The number of carbonyl (C=O) groups excluding carboxylic acids is 2. The molecule has 0 aromatic heterocycles. The fraction of sp³-hybridized carbons (Fsp3) is 0.0667. The fourth-order valence-corrected chi connectivity index (χ4v) is 2.28. The Hall–Kier alpha value is -1.60. The monoisotopic (exact) mass is 414 g/mol. The van der Waals surface area contributed by atoms with Crippen LogP contribution in [0.1, 0.15) is 17.3 Å². The van der Waals surface area contributed by atoms with E-state index in [1.165, 1.54) is 6.92 Å². The van der Waals surface area contributed by atoms with Crippen LogP contribution in [0.3, 0.4) is 0 Å². The summed E-state index contributed by atoms with van der Waals surface area (Å²) in [6.45, 7) is 1.41. The van der Waals surface area contributed by atoms with Gasteiger partial charge < -0.3 is 10.6 Å². The molecule has 0 radical (unpaired) electrons. The van der Waals surface area contributed by atoms with E-state index in [0.717, 1.165) is 3.57 Å². The summed E-state index contributed by atoms with van der Waals surface area (Å²) in [7, 11) is 0. The summed E-state index contributed by atoms with van der Waals surface area (Å²) in [6, 6.07) is 12.2. The van der Waals surface area contributed by atoms with Crippen molar-refractivity contribution >= 4 is 57.4 Å². The van der Waals surface area contributed by atoms with Crippen molar-refractivity contribution in [3.63, 3.8) is 0 Å². The molecule has 0 aliphatic rings. The SMILES string of the molecule is CC(=O)Nc1ccc(NC(=O)c2ccc(I)cc2)cc1Cl. The normalized spacial score (nSPS) is 10.0. The molecule has 108 valence electrons. The van der Waals surface area contributed by atoms with E-state index in [-0.39, 0.29) is 11.8 Å². The number of hydrogen-bond donors (Lipinski definition) is 2. The Bertz CT molecular complexity index is 687. The molecule has 0 bridgehead atoms. The number of rotatable bonds is 3. The van der Waals surface area contributed by atoms with Gasteiger partial charge in [0.25, 0.3) is 5.91 Å². The third-order valence-electron chi connectivity index (χ3n) is 2.64. The fourth-order valence-electron chi connectivity index (χ4n) is 1.69. The summed E-state index contributed by atoms with van der Waals surface area (Å²) in [5, 5.41) is 5.73. The second kappa shape index (κ2) is 6.91. The van der Waals surface area contributed by atoms with Gasteiger partial charge in [-0.15, -0.1) is 0 Å². The van der Waals surface area contributed by atoms with E-state index in [2.05, 4.69) is 33.2 Å². The van der Waals surface area contributed by atoms with Crippen LogP contribution in [0.5, 0.6) is 0 Å². The molecule has 0 atom stereocenters. The molecule has 2 rings (SSSR count). The van der Waals surface area contributed by atoms with E-state index < -0.39 is 0 Å². The molecule has 2 N–H and O–H groups in total. The molecule has 0 saturated carbocycles. The molecule has 0 aliphatic heterocycles. The van der Waals surface area contributed by atoms with Crippen molar-refractivity contribution in [1.82, 2.24) is 0 Å². The summed E-state index contributed by atoms with van der Waals surface area (Å²) in [5.41, 5.74) is 1.64. The minimum absolute atomic E-state index is 0.201. The highest BCUT2D eigenvalue weighted by Gasteiger charge is 2.08. The zero-order valence-corrected chi connectivity index (χ0v) is 14.0. The van der Waals surface area contributed by atoms with Gasteiger partial charge in [-0.05, 0) is 65.1 Å². The van der Waals surface area contributed by atoms with Gasteiger partial charge in [-0.3, -0.25) is 9.59 Å². The number of benzene rings is 2. The number of halogens is 2. The first kappa shape index (κ1) is 15.8. The van der Waals surface area contributed by atoms with E-state index in [1.807, 2.05) is 12.1 Å². The van der Waals surface area contributed by atoms with E-state index in [0.29, 0.717) is 22.0 Å². The van der Waals surface area contributed by atoms with Crippen LogP contribution in [0.25, 0.3) is 0 Å². The summed E-state index contributed by atoms with van der Waals surface area (Å²) in [5.74, 6) is -0.415. The molecular formula is C15H12ClIN2O2. The Morgan fingerprint density at radius 2 is 1.71 bits per heavy atom. The van der Waals surface area contributed by atoms with E-state index in [9.17, 15) is 9.59 Å².